The maximum atomic E-state index is 12.5. The third kappa shape index (κ3) is 2.92. The molecule has 1 saturated heterocycles. The monoisotopic (exact) mass is 359 g/mol. The number of fused-ring (bicyclic) bond motifs is 2. The molecular weight excluding hydrogens is 338 g/mol. The van der Waals surface area contributed by atoms with Crippen molar-refractivity contribution >= 4 is 21.8 Å². The van der Waals surface area contributed by atoms with Crippen LogP contribution in [0.2, 0.25) is 0 Å². The zero-order valence-corrected chi connectivity index (χ0v) is 15.2. The lowest BCUT2D eigenvalue weighted by Crippen LogP contribution is -2.28. The first-order valence-electron chi connectivity index (χ1n) is 9.36. The molecule has 1 fully saturated rings. The van der Waals surface area contributed by atoms with E-state index in [2.05, 4.69) is 27.5 Å². The number of benzene rings is 2. The summed E-state index contributed by atoms with van der Waals surface area (Å²) >= 11 is 0. The summed E-state index contributed by atoms with van der Waals surface area (Å²) in [4.78, 5) is 20.4. The minimum absolute atomic E-state index is 0.0530. The van der Waals surface area contributed by atoms with Crippen molar-refractivity contribution in [2.24, 2.45) is 7.05 Å². The predicted octanol–water partition coefficient (Wildman–Crippen LogP) is 2.94. The number of aryl methyl sites for hydroxylation is 1. The van der Waals surface area contributed by atoms with E-state index in [1.165, 1.54) is 0 Å². The Balaban J connectivity index is 1.61. The molecule has 0 bridgehead atoms. The quantitative estimate of drug-likeness (QED) is 0.577. The molecule has 3 heterocycles. The van der Waals surface area contributed by atoms with Crippen LogP contribution < -0.4 is 10.9 Å². The van der Waals surface area contributed by atoms with Crippen LogP contribution in [0.1, 0.15) is 24.6 Å². The molecule has 0 aliphatic carbocycles. The Kier molecular flexibility index (Phi) is 3.79. The summed E-state index contributed by atoms with van der Waals surface area (Å²) in [6.45, 7) is 1.94. The average Bonchev–Trinajstić information content (AvgIpc) is 3.07. The fourth-order valence-corrected chi connectivity index (χ4v) is 3.95. The number of nitrogens with one attached hydrogen (secondary N) is 2. The molecule has 0 atom stereocenters. The summed E-state index contributed by atoms with van der Waals surface area (Å²) < 4.78 is 1.82. The number of aromatic amines is 1. The van der Waals surface area contributed by atoms with Gasteiger partial charge in [-0.3, -0.25) is 9.48 Å². The normalized spacial score (nSPS) is 15.6. The second-order valence-corrected chi connectivity index (χ2v) is 7.28. The minimum atomic E-state index is -0.0530. The molecule has 136 valence electrons. The molecule has 27 heavy (non-hydrogen) atoms. The first-order chi connectivity index (χ1) is 13.2. The number of rotatable bonds is 2. The van der Waals surface area contributed by atoms with Gasteiger partial charge in [-0.1, -0.05) is 12.1 Å². The Bertz CT molecular complexity index is 1200. The van der Waals surface area contributed by atoms with Crippen molar-refractivity contribution in [1.82, 2.24) is 25.1 Å². The highest BCUT2D eigenvalue weighted by Gasteiger charge is 2.18. The maximum Gasteiger partial charge on any atom is 0.258 e. The summed E-state index contributed by atoms with van der Waals surface area (Å²) in [5.41, 5.74) is 3.84. The standard InChI is InChI=1S/C21H21N5O/c1-26-12-16-10-14(3-5-18(16)25-26)15-2-4-17-19(11-15)23-20(24-21(17)27)13-6-8-22-9-7-13/h2-5,10-13,22H,6-9H2,1H3,(H,23,24,27). The maximum absolute atomic E-state index is 12.5. The van der Waals surface area contributed by atoms with Crippen LogP contribution in [-0.4, -0.2) is 32.8 Å². The third-order valence-corrected chi connectivity index (χ3v) is 5.40. The SMILES string of the molecule is Cn1cc2cc(-c3ccc4c(=O)[nH]c(C5CCNCC5)nc4c3)ccc2n1. The Morgan fingerprint density at radius 2 is 1.81 bits per heavy atom. The van der Waals surface area contributed by atoms with Crippen LogP contribution in [0.3, 0.4) is 0 Å². The summed E-state index contributed by atoms with van der Waals surface area (Å²) in [6.07, 6.45) is 4.02. The van der Waals surface area contributed by atoms with Crippen molar-refractivity contribution in [3.63, 3.8) is 0 Å². The highest BCUT2D eigenvalue weighted by atomic mass is 16.1. The van der Waals surface area contributed by atoms with Gasteiger partial charge in [0.05, 0.1) is 16.4 Å². The minimum Gasteiger partial charge on any atom is -0.317 e. The van der Waals surface area contributed by atoms with Crippen LogP contribution in [-0.2, 0) is 7.05 Å². The largest absolute Gasteiger partial charge is 0.317 e. The highest BCUT2D eigenvalue weighted by molar-refractivity contribution is 5.88. The van der Waals surface area contributed by atoms with E-state index in [-0.39, 0.29) is 5.56 Å². The number of hydrogen-bond acceptors (Lipinski definition) is 4. The molecule has 1 aliphatic heterocycles. The van der Waals surface area contributed by atoms with E-state index in [0.717, 1.165) is 59.3 Å². The van der Waals surface area contributed by atoms with Gasteiger partial charge in [0.15, 0.2) is 0 Å². The number of nitrogens with zero attached hydrogens (tertiary/aromatic N) is 3. The molecule has 2 aromatic carbocycles. The molecule has 0 amide bonds. The molecule has 6 heteroatoms. The number of aromatic nitrogens is 4. The fourth-order valence-electron chi connectivity index (χ4n) is 3.95. The van der Waals surface area contributed by atoms with Gasteiger partial charge in [0.25, 0.3) is 5.56 Å². The van der Waals surface area contributed by atoms with Crippen LogP contribution in [0.25, 0.3) is 32.9 Å². The Morgan fingerprint density at radius 1 is 1.04 bits per heavy atom. The molecule has 0 radical (unpaired) electrons. The molecule has 2 aromatic heterocycles. The molecule has 1 aliphatic rings. The zero-order chi connectivity index (χ0) is 18.4. The molecule has 0 unspecified atom stereocenters. The smallest absolute Gasteiger partial charge is 0.258 e. The van der Waals surface area contributed by atoms with Crippen molar-refractivity contribution in [3.8, 4) is 11.1 Å². The van der Waals surface area contributed by atoms with Gasteiger partial charge in [-0.15, -0.1) is 0 Å². The average molecular weight is 359 g/mol. The van der Waals surface area contributed by atoms with Crippen molar-refractivity contribution in [2.75, 3.05) is 13.1 Å². The van der Waals surface area contributed by atoms with E-state index >= 15 is 0 Å². The van der Waals surface area contributed by atoms with Crippen molar-refractivity contribution in [3.05, 3.63) is 58.8 Å². The predicted molar refractivity (Wildman–Crippen MR) is 107 cm³/mol. The van der Waals surface area contributed by atoms with Crippen LogP contribution in [0.4, 0.5) is 0 Å². The lowest BCUT2D eigenvalue weighted by Gasteiger charge is -2.21. The van der Waals surface area contributed by atoms with Gasteiger partial charge in [0, 0.05) is 24.5 Å². The fraction of sp³-hybridized carbons (Fsp3) is 0.286. The first kappa shape index (κ1) is 16.2. The Hall–Kier alpha value is -2.99. The molecule has 4 aromatic rings. The molecule has 2 N–H and O–H groups in total. The molecule has 5 rings (SSSR count). The summed E-state index contributed by atoms with van der Waals surface area (Å²) in [5.74, 6) is 1.13. The van der Waals surface area contributed by atoms with Gasteiger partial charge >= 0.3 is 0 Å². The van der Waals surface area contributed by atoms with Gasteiger partial charge in [-0.2, -0.15) is 5.10 Å². The lowest BCUT2D eigenvalue weighted by molar-refractivity contribution is 0.445. The van der Waals surface area contributed by atoms with E-state index < -0.39 is 0 Å². The molecule has 6 nitrogen and oxygen atoms in total. The van der Waals surface area contributed by atoms with Crippen LogP contribution in [0, 0.1) is 0 Å². The van der Waals surface area contributed by atoms with E-state index in [1.54, 1.807) is 0 Å². The van der Waals surface area contributed by atoms with Gasteiger partial charge in [0.1, 0.15) is 5.82 Å². The number of H-pyrrole nitrogens is 1. The third-order valence-electron chi connectivity index (χ3n) is 5.40. The van der Waals surface area contributed by atoms with Crippen LogP contribution in [0.15, 0.2) is 47.4 Å². The zero-order valence-electron chi connectivity index (χ0n) is 15.2. The van der Waals surface area contributed by atoms with Gasteiger partial charge < -0.3 is 10.3 Å². The van der Waals surface area contributed by atoms with Crippen molar-refractivity contribution in [2.45, 2.75) is 18.8 Å². The van der Waals surface area contributed by atoms with Crippen molar-refractivity contribution in [1.29, 1.82) is 0 Å². The van der Waals surface area contributed by atoms with Gasteiger partial charge in [-0.05, 0) is 61.3 Å². The molecule has 0 saturated carbocycles. The van der Waals surface area contributed by atoms with Gasteiger partial charge in [0.2, 0.25) is 0 Å². The molecular formula is C21H21N5O. The lowest BCUT2D eigenvalue weighted by atomic mass is 9.97. The Labute approximate surface area is 156 Å². The number of piperidine rings is 1. The van der Waals surface area contributed by atoms with Crippen LogP contribution >= 0.6 is 0 Å². The number of hydrogen-bond donors (Lipinski definition) is 2. The topological polar surface area (TPSA) is 75.6 Å². The molecule has 0 spiro atoms. The second kappa shape index (κ2) is 6.32. The Morgan fingerprint density at radius 3 is 2.67 bits per heavy atom. The highest BCUT2D eigenvalue weighted by Crippen LogP contribution is 2.27. The summed E-state index contributed by atoms with van der Waals surface area (Å²) in [6, 6.07) is 12.1. The summed E-state index contributed by atoms with van der Waals surface area (Å²) in [7, 11) is 1.92. The van der Waals surface area contributed by atoms with E-state index in [0.29, 0.717) is 11.3 Å². The van der Waals surface area contributed by atoms with Crippen molar-refractivity contribution < 1.29 is 0 Å². The van der Waals surface area contributed by atoms with Gasteiger partial charge in [-0.25, -0.2) is 4.98 Å². The summed E-state index contributed by atoms with van der Waals surface area (Å²) in [5, 5.41) is 9.52. The van der Waals surface area contributed by atoms with E-state index in [1.807, 2.05) is 42.2 Å². The van der Waals surface area contributed by atoms with E-state index in [4.69, 9.17) is 4.98 Å². The van der Waals surface area contributed by atoms with Crippen LogP contribution in [0.5, 0.6) is 0 Å². The first-order valence-corrected chi connectivity index (χ1v) is 9.36. The second-order valence-electron chi connectivity index (χ2n) is 7.28. The van der Waals surface area contributed by atoms with E-state index in [9.17, 15) is 4.79 Å².